The number of hydrogen-bond acceptors (Lipinski definition) is 1. The summed E-state index contributed by atoms with van der Waals surface area (Å²) in [5.74, 6) is 0.761. The maximum absolute atomic E-state index is 11.9. The highest BCUT2D eigenvalue weighted by Crippen LogP contribution is 2.20. The summed E-state index contributed by atoms with van der Waals surface area (Å²) in [5, 5.41) is 0.672. The lowest BCUT2D eigenvalue weighted by atomic mass is 9.98. The molecule has 1 aromatic carbocycles. The molecule has 0 unspecified atom stereocenters. The monoisotopic (exact) mass is 224 g/mol. The lowest BCUT2D eigenvalue weighted by molar-refractivity contribution is 0.0975. The number of halogens is 1. The van der Waals surface area contributed by atoms with Crippen LogP contribution >= 0.6 is 11.6 Å². The molecular formula is C13H17ClO. The first kappa shape index (κ1) is 12.3. The Morgan fingerprint density at radius 1 is 1.40 bits per heavy atom. The molecule has 0 aliphatic heterocycles. The Kier molecular flexibility index (Phi) is 4.34. The van der Waals surface area contributed by atoms with Crippen molar-refractivity contribution in [1.82, 2.24) is 0 Å². The molecule has 0 spiro atoms. The third-order valence-corrected chi connectivity index (χ3v) is 2.93. The zero-order chi connectivity index (χ0) is 11.4. The minimum atomic E-state index is 0.198. The van der Waals surface area contributed by atoms with E-state index in [-0.39, 0.29) is 5.78 Å². The first-order chi connectivity index (χ1) is 7.02. The fourth-order valence-corrected chi connectivity index (χ4v) is 1.64. The van der Waals surface area contributed by atoms with Gasteiger partial charge in [0.05, 0.1) is 0 Å². The standard InChI is InChI=1S/C13H17ClO/c1-9(2)7-8-13(15)11-5-4-6-12(14)10(11)3/h4-6,9H,7-8H2,1-3H3. The second-order valence-electron chi connectivity index (χ2n) is 4.27. The summed E-state index contributed by atoms with van der Waals surface area (Å²) in [6.07, 6.45) is 1.55. The van der Waals surface area contributed by atoms with Crippen molar-refractivity contribution in [3.8, 4) is 0 Å². The van der Waals surface area contributed by atoms with Crippen molar-refractivity contribution in [2.24, 2.45) is 5.92 Å². The van der Waals surface area contributed by atoms with Crippen LogP contribution in [0.3, 0.4) is 0 Å². The predicted molar refractivity (Wildman–Crippen MR) is 64.6 cm³/mol. The average molecular weight is 225 g/mol. The molecule has 1 rings (SSSR count). The van der Waals surface area contributed by atoms with Gasteiger partial charge >= 0.3 is 0 Å². The Morgan fingerprint density at radius 3 is 2.67 bits per heavy atom. The van der Waals surface area contributed by atoms with Crippen molar-refractivity contribution in [2.75, 3.05) is 0 Å². The van der Waals surface area contributed by atoms with E-state index >= 15 is 0 Å². The molecule has 2 heteroatoms. The van der Waals surface area contributed by atoms with Crippen LogP contribution in [0.25, 0.3) is 0 Å². The number of ketones is 1. The quantitative estimate of drug-likeness (QED) is 0.699. The average Bonchev–Trinajstić information content (AvgIpc) is 2.18. The van der Waals surface area contributed by atoms with E-state index < -0.39 is 0 Å². The normalized spacial score (nSPS) is 10.7. The minimum Gasteiger partial charge on any atom is -0.294 e. The van der Waals surface area contributed by atoms with Crippen LogP contribution in [0, 0.1) is 12.8 Å². The number of benzene rings is 1. The highest BCUT2D eigenvalue weighted by molar-refractivity contribution is 6.31. The number of carbonyl (C=O) groups excluding carboxylic acids is 1. The second-order valence-corrected chi connectivity index (χ2v) is 4.68. The van der Waals surface area contributed by atoms with Crippen LogP contribution in [0.2, 0.25) is 5.02 Å². The maximum atomic E-state index is 11.9. The van der Waals surface area contributed by atoms with Crippen molar-refractivity contribution in [3.05, 3.63) is 34.3 Å². The summed E-state index contributed by atoms with van der Waals surface area (Å²) in [6.45, 7) is 6.14. The molecule has 1 nitrogen and oxygen atoms in total. The smallest absolute Gasteiger partial charge is 0.163 e. The van der Waals surface area contributed by atoms with E-state index in [4.69, 9.17) is 11.6 Å². The summed E-state index contributed by atoms with van der Waals surface area (Å²) in [5.41, 5.74) is 1.66. The fourth-order valence-electron chi connectivity index (χ4n) is 1.46. The Hall–Kier alpha value is -0.820. The van der Waals surface area contributed by atoms with Gasteiger partial charge in [-0.1, -0.05) is 37.6 Å². The molecule has 0 aliphatic rings. The van der Waals surface area contributed by atoms with E-state index in [1.54, 1.807) is 0 Å². The van der Waals surface area contributed by atoms with Crippen LogP contribution in [-0.4, -0.2) is 5.78 Å². The van der Waals surface area contributed by atoms with Gasteiger partial charge in [-0.3, -0.25) is 4.79 Å². The summed E-state index contributed by atoms with van der Waals surface area (Å²) in [4.78, 5) is 11.9. The molecule has 15 heavy (non-hydrogen) atoms. The molecule has 0 fully saturated rings. The van der Waals surface area contributed by atoms with Crippen molar-refractivity contribution >= 4 is 17.4 Å². The summed E-state index contributed by atoms with van der Waals surface area (Å²) >= 11 is 5.97. The predicted octanol–water partition coefficient (Wildman–Crippen LogP) is 4.27. The van der Waals surface area contributed by atoms with Crippen molar-refractivity contribution < 1.29 is 4.79 Å². The van der Waals surface area contributed by atoms with Crippen LogP contribution in [0.1, 0.15) is 42.6 Å². The largest absolute Gasteiger partial charge is 0.294 e. The van der Waals surface area contributed by atoms with Crippen molar-refractivity contribution in [1.29, 1.82) is 0 Å². The summed E-state index contributed by atoms with van der Waals surface area (Å²) < 4.78 is 0. The zero-order valence-corrected chi connectivity index (χ0v) is 10.3. The highest BCUT2D eigenvalue weighted by Gasteiger charge is 2.11. The molecule has 0 aliphatic carbocycles. The molecule has 0 heterocycles. The molecule has 0 N–H and O–H groups in total. The van der Waals surface area contributed by atoms with E-state index in [1.165, 1.54) is 0 Å². The third-order valence-electron chi connectivity index (χ3n) is 2.52. The van der Waals surface area contributed by atoms with Gasteiger partial charge in [-0.05, 0) is 30.9 Å². The van der Waals surface area contributed by atoms with Gasteiger partial charge in [-0.25, -0.2) is 0 Å². The highest BCUT2D eigenvalue weighted by atomic mass is 35.5. The number of carbonyl (C=O) groups is 1. The van der Waals surface area contributed by atoms with Gasteiger partial charge in [0.2, 0.25) is 0 Å². The summed E-state index contributed by atoms with van der Waals surface area (Å²) in [7, 11) is 0. The molecule has 0 aromatic heterocycles. The summed E-state index contributed by atoms with van der Waals surface area (Å²) in [6, 6.07) is 5.50. The Balaban J connectivity index is 2.78. The lowest BCUT2D eigenvalue weighted by Gasteiger charge is -2.07. The van der Waals surface area contributed by atoms with Crippen LogP contribution < -0.4 is 0 Å². The van der Waals surface area contributed by atoms with E-state index in [2.05, 4.69) is 13.8 Å². The molecule has 0 atom stereocenters. The van der Waals surface area contributed by atoms with Crippen LogP contribution in [0.5, 0.6) is 0 Å². The van der Waals surface area contributed by atoms with Gasteiger partial charge in [0, 0.05) is 17.0 Å². The molecule has 0 saturated heterocycles. The second kappa shape index (κ2) is 5.32. The lowest BCUT2D eigenvalue weighted by Crippen LogP contribution is -2.03. The van der Waals surface area contributed by atoms with Gasteiger partial charge in [-0.2, -0.15) is 0 Å². The Morgan fingerprint density at radius 2 is 2.07 bits per heavy atom. The molecule has 82 valence electrons. The Labute approximate surface area is 96.5 Å². The van der Waals surface area contributed by atoms with E-state index in [1.807, 2.05) is 25.1 Å². The molecule has 1 aromatic rings. The molecule has 0 radical (unpaired) electrons. The Bertz CT molecular complexity index is 356. The van der Waals surface area contributed by atoms with Crippen LogP contribution in [0.4, 0.5) is 0 Å². The molecular weight excluding hydrogens is 208 g/mol. The van der Waals surface area contributed by atoms with Gasteiger partial charge < -0.3 is 0 Å². The van der Waals surface area contributed by atoms with Gasteiger partial charge in [0.25, 0.3) is 0 Å². The fraction of sp³-hybridized carbons (Fsp3) is 0.462. The number of hydrogen-bond donors (Lipinski definition) is 0. The van der Waals surface area contributed by atoms with Crippen LogP contribution in [-0.2, 0) is 0 Å². The van der Waals surface area contributed by atoms with E-state index in [0.717, 1.165) is 17.5 Å². The van der Waals surface area contributed by atoms with E-state index in [0.29, 0.717) is 17.4 Å². The zero-order valence-electron chi connectivity index (χ0n) is 9.51. The van der Waals surface area contributed by atoms with Gasteiger partial charge in [0.1, 0.15) is 0 Å². The molecule has 0 bridgehead atoms. The SMILES string of the molecule is Cc1c(Cl)cccc1C(=O)CCC(C)C. The first-order valence-electron chi connectivity index (χ1n) is 5.30. The van der Waals surface area contributed by atoms with Crippen LogP contribution in [0.15, 0.2) is 18.2 Å². The molecule has 0 amide bonds. The first-order valence-corrected chi connectivity index (χ1v) is 5.68. The van der Waals surface area contributed by atoms with Crippen molar-refractivity contribution in [2.45, 2.75) is 33.6 Å². The van der Waals surface area contributed by atoms with E-state index in [9.17, 15) is 4.79 Å². The molecule has 0 saturated carbocycles. The number of rotatable bonds is 4. The van der Waals surface area contributed by atoms with Crippen molar-refractivity contribution in [3.63, 3.8) is 0 Å². The topological polar surface area (TPSA) is 17.1 Å². The van der Waals surface area contributed by atoms with Gasteiger partial charge in [-0.15, -0.1) is 0 Å². The third kappa shape index (κ3) is 3.35. The number of Topliss-reactive ketones (excluding diaryl/α,β-unsaturated/α-hetero) is 1. The maximum Gasteiger partial charge on any atom is 0.163 e. The minimum absolute atomic E-state index is 0.198. The van der Waals surface area contributed by atoms with Gasteiger partial charge in [0.15, 0.2) is 5.78 Å².